The van der Waals surface area contributed by atoms with Crippen LogP contribution in [0.15, 0.2) is 48.8 Å². The maximum Gasteiger partial charge on any atom is 0.416 e. The summed E-state index contributed by atoms with van der Waals surface area (Å²) in [6, 6.07) is 8.27. The first-order valence-electron chi connectivity index (χ1n) is 7.95. The summed E-state index contributed by atoms with van der Waals surface area (Å²) in [4.78, 5) is 19.2. The molecule has 0 fully saturated rings. The lowest BCUT2D eigenvalue weighted by Crippen LogP contribution is -2.13. The Hall–Kier alpha value is -3.09. The minimum Gasteiger partial charge on any atom is -0.366 e. The first kappa shape index (κ1) is 17.7. The van der Waals surface area contributed by atoms with Crippen LogP contribution in [0.1, 0.15) is 28.4 Å². The van der Waals surface area contributed by atoms with Gasteiger partial charge in [-0.15, -0.1) is 0 Å². The smallest absolute Gasteiger partial charge is 0.366 e. The Morgan fingerprint density at radius 3 is 2.12 bits per heavy atom. The molecule has 7 heteroatoms. The topological polar surface area (TPSA) is 71.8 Å². The van der Waals surface area contributed by atoms with Crippen LogP contribution >= 0.6 is 0 Å². The summed E-state index contributed by atoms with van der Waals surface area (Å²) in [7, 11) is 0. The Bertz CT molecular complexity index is 929. The number of carbonyl (C=O) groups is 1. The zero-order valence-corrected chi connectivity index (χ0v) is 13.9. The molecule has 0 radical (unpaired) electrons. The van der Waals surface area contributed by atoms with Crippen molar-refractivity contribution in [1.29, 1.82) is 0 Å². The van der Waals surface area contributed by atoms with Crippen molar-refractivity contribution in [3.05, 3.63) is 65.5 Å². The summed E-state index contributed by atoms with van der Waals surface area (Å²) in [6.07, 6.45) is -0.729. The molecule has 134 valence electrons. The van der Waals surface area contributed by atoms with Crippen molar-refractivity contribution in [2.75, 3.05) is 0 Å². The Labute approximate surface area is 147 Å². The molecule has 0 spiro atoms. The highest BCUT2D eigenvalue weighted by atomic mass is 19.4. The van der Waals surface area contributed by atoms with Crippen LogP contribution in [0.4, 0.5) is 13.2 Å². The van der Waals surface area contributed by atoms with Crippen molar-refractivity contribution < 1.29 is 18.0 Å². The summed E-state index contributed by atoms with van der Waals surface area (Å²) in [5.41, 5.74) is 8.26. The number of halogens is 3. The second kappa shape index (κ2) is 6.67. The molecule has 0 bridgehead atoms. The van der Waals surface area contributed by atoms with Gasteiger partial charge in [0.25, 0.3) is 5.91 Å². The molecule has 0 atom stereocenters. The predicted molar refractivity (Wildman–Crippen MR) is 92.4 cm³/mol. The number of benzene rings is 1. The van der Waals surface area contributed by atoms with E-state index in [-0.39, 0.29) is 0 Å². The molecular weight excluding hydrogens is 343 g/mol. The Morgan fingerprint density at radius 2 is 1.62 bits per heavy atom. The van der Waals surface area contributed by atoms with Gasteiger partial charge in [0.2, 0.25) is 0 Å². The number of amides is 1. The number of rotatable bonds is 4. The quantitative estimate of drug-likeness (QED) is 0.724. The van der Waals surface area contributed by atoms with Crippen LogP contribution < -0.4 is 5.73 Å². The fourth-order valence-corrected chi connectivity index (χ4v) is 2.97. The highest BCUT2D eigenvalue weighted by molar-refractivity contribution is 6.03. The number of primary amides is 1. The standard InChI is InChI=1S/C19H16F3N3O/c1-2-14-15(18(23)26)17(12-7-9-24-10-8-12)25-16(14)11-3-5-13(6-4-11)19(20,21)22/h3-10,25H,2H2,1H3,(H2,23,26). The Kier molecular flexibility index (Phi) is 4.54. The van der Waals surface area contributed by atoms with Gasteiger partial charge in [0, 0.05) is 23.7 Å². The number of H-pyrrole nitrogens is 1. The van der Waals surface area contributed by atoms with Crippen molar-refractivity contribution in [2.45, 2.75) is 19.5 Å². The van der Waals surface area contributed by atoms with Crippen molar-refractivity contribution in [3.63, 3.8) is 0 Å². The second-order valence-electron chi connectivity index (χ2n) is 5.76. The average molecular weight is 359 g/mol. The van der Waals surface area contributed by atoms with E-state index in [4.69, 9.17) is 5.73 Å². The summed E-state index contributed by atoms with van der Waals surface area (Å²) in [5.74, 6) is -0.594. The minimum absolute atomic E-state index is 0.341. The summed E-state index contributed by atoms with van der Waals surface area (Å²) >= 11 is 0. The number of aromatic nitrogens is 2. The molecule has 0 aliphatic heterocycles. The van der Waals surface area contributed by atoms with Gasteiger partial charge in [0.15, 0.2) is 0 Å². The van der Waals surface area contributed by atoms with Crippen LogP contribution in [-0.4, -0.2) is 15.9 Å². The molecule has 0 aliphatic rings. The van der Waals surface area contributed by atoms with E-state index in [2.05, 4.69) is 9.97 Å². The fraction of sp³-hybridized carbons (Fsp3) is 0.158. The van der Waals surface area contributed by atoms with E-state index in [1.165, 1.54) is 12.1 Å². The molecule has 1 aromatic carbocycles. The van der Waals surface area contributed by atoms with Crippen LogP contribution in [0.25, 0.3) is 22.5 Å². The molecule has 2 heterocycles. The largest absolute Gasteiger partial charge is 0.416 e. The van der Waals surface area contributed by atoms with Gasteiger partial charge in [-0.1, -0.05) is 19.1 Å². The number of nitrogens with two attached hydrogens (primary N) is 1. The SMILES string of the molecule is CCc1c(-c2ccc(C(F)(F)F)cc2)[nH]c(-c2ccncc2)c1C(N)=O. The molecule has 3 rings (SSSR count). The molecule has 3 N–H and O–H groups in total. The lowest BCUT2D eigenvalue weighted by molar-refractivity contribution is -0.137. The van der Waals surface area contributed by atoms with Crippen molar-refractivity contribution in [3.8, 4) is 22.5 Å². The molecule has 4 nitrogen and oxygen atoms in total. The van der Waals surface area contributed by atoms with Crippen molar-refractivity contribution in [2.24, 2.45) is 5.73 Å². The van der Waals surface area contributed by atoms with Gasteiger partial charge in [-0.3, -0.25) is 9.78 Å². The zero-order chi connectivity index (χ0) is 18.9. The lowest BCUT2D eigenvalue weighted by Gasteiger charge is -2.08. The number of nitrogens with one attached hydrogen (secondary N) is 1. The number of alkyl halides is 3. The van der Waals surface area contributed by atoms with Gasteiger partial charge in [-0.05, 0) is 41.8 Å². The van der Waals surface area contributed by atoms with E-state index in [1.54, 1.807) is 24.5 Å². The Balaban J connectivity index is 2.18. The van der Waals surface area contributed by atoms with Gasteiger partial charge in [0.05, 0.1) is 16.8 Å². The van der Waals surface area contributed by atoms with Gasteiger partial charge >= 0.3 is 6.18 Å². The second-order valence-corrected chi connectivity index (χ2v) is 5.76. The molecule has 3 aromatic rings. The summed E-state index contributed by atoms with van der Waals surface area (Å²) < 4.78 is 38.4. The van der Waals surface area contributed by atoms with E-state index in [1.807, 2.05) is 6.92 Å². The molecule has 0 unspecified atom stereocenters. The first-order valence-corrected chi connectivity index (χ1v) is 7.95. The molecule has 0 aliphatic carbocycles. The van der Waals surface area contributed by atoms with Crippen LogP contribution in [0.5, 0.6) is 0 Å². The summed E-state index contributed by atoms with van der Waals surface area (Å²) in [6.45, 7) is 1.86. The maximum atomic E-state index is 12.8. The number of pyridine rings is 1. The number of aromatic amines is 1. The van der Waals surface area contributed by atoms with E-state index in [0.717, 1.165) is 17.7 Å². The highest BCUT2D eigenvalue weighted by Gasteiger charge is 2.30. The minimum atomic E-state index is -4.40. The third-order valence-electron chi connectivity index (χ3n) is 4.17. The van der Waals surface area contributed by atoms with Gasteiger partial charge in [-0.25, -0.2) is 0 Å². The van der Waals surface area contributed by atoms with Crippen LogP contribution in [-0.2, 0) is 12.6 Å². The predicted octanol–water partition coefficient (Wildman–Crippen LogP) is 4.42. The summed E-state index contributed by atoms with van der Waals surface area (Å²) in [5, 5.41) is 0. The Morgan fingerprint density at radius 1 is 1.04 bits per heavy atom. The molecule has 0 saturated heterocycles. The number of nitrogens with zero attached hydrogens (tertiary/aromatic N) is 1. The number of carbonyl (C=O) groups excluding carboxylic acids is 1. The van der Waals surface area contributed by atoms with Crippen molar-refractivity contribution in [1.82, 2.24) is 9.97 Å². The highest BCUT2D eigenvalue weighted by Crippen LogP contribution is 2.36. The van der Waals surface area contributed by atoms with Crippen LogP contribution in [0.2, 0.25) is 0 Å². The molecule has 1 amide bonds. The van der Waals surface area contributed by atoms with Crippen LogP contribution in [0, 0.1) is 0 Å². The molecule has 26 heavy (non-hydrogen) atoms. The normalized spacial score (nSPS) is 11.5. The van der Waals surface area contributed by atoms with E-state index in [0.29, 0.717) is 34.5 Å². The van der Waals surface area contributed by atoms with Gasteiger partial charge in [-0.2, -0.15) is 13.2 Å². The molecule has 2 aromatic heterocycles. The average Bonchev–Trinajstić information content (AvgIpc) is 3.01. The maximum absolute atomic E-state index is 12.8. The lowest BCUT2D eigenvalue weighted by atomic mass is 9.99. The van der Waals surface area contributed by atoms with Crippen molar-refractivity contribution >= 4 is 5.91 Å². The third kappa shape index (κ3) is 3.20. The first-order chi connectivity index (χ1) is 12.3. The fourth-order valence-electron chi connectivity index (χ4n) is 2.97. The number of hydrogen-bond donors (Lipinski definition) is 2. The molecular formula is C19H16F3N3O. The van der Waals surface area contributed by atoms with Gasteiger partial charge < -0.3 is 10.7 Å². The monoisotopic (exact) mass is 359 g/mol. The third-order valence-corrected chi connectivity index (χ3v) is 4.17. The zero-order valence-electron chi connectivity index (χ0n) is 13.9. The molecule has 0 saturated carbocycles. The van der Waals surface area contributed by atoms with E-state index >= 15 is 0 Å². The van der Waals surface area contributed by atoms with Gasteiger partial charge in [0.1, 0.15) is 0 Å². The van der Waals surface area contributed by atoms with Crippen LogP contribution in [0.3, 0.4) is 0 Å². The van der Waals surface area contributed by atoms with E-state index < -0.39 is 17.6 Å². The number of hydrogen-bond acceptors (Lipinski definition) is 2. The van der Waals surface area contributed by atoms with E-state index in [9.17, 15) is 18.0 Å².